The number of nitrogens with two attached hydrogens (primary N) is 1. The van der Waals surface area contributed by atoms with Crippen molar-refractivity contribution in [1.82, 2.24) is 9.88 Å². The molecule has 1 aliphatic heterocycles. The Bertz CT molecular complexity index is 606. The molecule has 0 spiro atoms. The van der Waals surface area contributed by atoms with Crippen molar-refractivity contribution in [3.63, 3.8) is 0 Å². The van der Waals surface area contributed by atoms with Crippen molar-refractivity contribution in [2.45, 2.75) is 5.92 Å². The van der Waals surface area contributed by atoms with E-state index in [9.17, 15) is 4.79 Å². The number of benzene rings is 1. The van der Waals surface area contributed by atoms with Crippen LogP contribution in [0.4, 0.5) is 0 Å². The summed E-state index contributed by atoms with van der Waals surface area (Å²) < 4.78 is 2.06. The second-order valence-corrected chi connectivity index (χ2v) is 4.54. The lowest BCUT2D eigenvalue weighted by molar-refractivity contribution is 0.0955. The van der Waals surface area contributed by atoms with E-state index in [4.69, 9.17) is 5.73 Å². The second kappa shape index (κ2) is 4.63. The maximum absolute atomic E-state index is 12.0. The summed E-state index contributed by atoms with van der Waals surface area (Å²) in [4.78, 5) is 12.0. The second-order valence-electron chi connectivity index (χ2n) is 4.54. The van der Waals surface area contributed by atoms with E-state index in [0.29, 0.717) is 13.1 Å². The van der Waals surface area contributed by atoms with Crippen LogP contribution < -0.4 is 11.1 Å². The van der Waals surface area contributed by atoms with Crippen LogP contribution in [0.5, 0.6) is 0 Å². The molecule has 1 aromatic heterocycles. The van der Waals surface area contributed by atoms with Crippen molar-refractivity contribution in [2.75, 3.05) is 13.1 Å². The lowest BCUT2D eigenvalue weighted by Crippen LogP contribution is -2.29. The van der Waals surface area contributed by atoms with Crippen LogP contribution in [0.15, 0.2) is 24.4 Å². The highest BCUT2D eigenvalue weighted by atomic mass is 35.5. The Kier molecular flexibility index (Phi) is 3.32. The largest absolute Gasteiger partial charge is 0.351 e. The fraction of sp³-hybridized carbons (Fsp3) is 0.308. The Labute approximate surface area is 112 Å². The number of hydrogen-bond acceptors (Lipinski definition) is 2. The number of rotatable bonds is 1. The zero-order chi connectivity index (χ0) is 12.0. The number of halogens is 1. The van der Waals surface area contributed by atoms with E-state index in [0.717, 1.165) is 16.5 Å². The lowest BCUT2D eigenvalue weighted by Gasteiger charge is -2.11. The van der Waals surface area contributed by atoms with Crippen molar-refractivity contribution in [1.29, 1.82) is 0 Å². The lowest BCUT2D eigenvalue weighted by atomic mass is 9.98. The molecular formula is C13H16ClN3O. The van der Waals surface area contributed by atoms with Crippen LogP contribution in [0.3, 0.4) is 0 Å². The molecule has 3 N–H and O–H groups in total. The number of hydrogen-bond donors (Lipinski definition) is 2. The Morgan fingerprint density at radius 1 is 1.50 bits per heavy atom. The molecule has 1 amide bonds. The van der Waals surface area contributed by atoms with E-state index in [2.05, 4.69) is 16.1 Å². The summed E-state index contributed by atoms with van der Waals surface area (Å²) in [5, 5.41) is 3.99. The molecule has 1 atom stereocenters. The third-order valence-corrected chi connectivity index (χ3v) is 3.52. The first kappa shape index (κ1) is 12.9. The van der Waals surface area contributed by atoms with Gasteiger partial charge in [-0.15, -0.1) is 12.4 Å². The summed E-state index contributed by atoms with van der Waals surface area (Å²) in [5.41, 5.74) is 8.83. The topological polar surface area (TPSA) is 60.0 Å². The predicted molar refractivity (Wildman–Crippen MR) is 74.3 cm³/mol. The molecule has 0 fully saturated rings. The van der Waals surface area contributed by atoms with E-state index in [1.165, 1.54) is 5.56 Å². The minimum absolute atomic E-state index is 0. The standard InChI is InChI=1S/C13H15N3O.ClH/c1-16-7-10-8(5-14)6-15-13(17)9-3-2-4-11(16)12(9)10;/h2-4,7-8H,5-6,14H2,1H3,(H,15,17);1H. The number of amides is 1. The van der Waals surface area contributed by atoms with E-state index in [1.54, 1.807) is 0 Å². The molecule has 4 nitrogen and oxygen atoms in total. The van der Waals surface area contributed by atoms with Gasteiger partial charge in [-0.25, -0.2) is 0 Å². The van der Waals surface area contributed by atoms with E-state index in [-0.39, 0.29) is 24.2 Å². The van der Waals surface area contributed by atoms with Gasteiger partial charge in [-0.1, -0.05) is 6.07 Å². The summed E-state index contributed by atoms with van der Waals surface area (Å²) in [6.45, 7) is 1.16. The smallest absolute Gasteiger partial charge is 0.251 e. The van der Waals surface area contributed by atoms with E-state index >= 15 is 0 Å². The molecule has 0 saturated carbocycles. The number of carbonyl (C=O) groups excluding carboxylic acids is 1. The molecule has 0 saturated heterocycles. The first-order valence-corrected chi connectivity index (χ1v) is 5.78. The highest BCUT2D eigenvalue weighted by Crippen LogP contribution is 2.31. The third-order valence-electron chi connectivity index (χ3n) is 3.52. The van der Waals surface area contributed by atoms with Gasteiger partial charge in [0.25, 0.3) is 5.91 Å². The molecule has 5 heteroatoms. The molecule has 3 rings (SSSR count). The van der Waals surface area contributed by atoms with Crippen molar-refractivity contribution < 1.29 is 4.79 Å². The van der Waals surface area contributed by atoms with Gasteiger partial charge in [-0.3, -0.25) is 4.79 Å². The van der Waals surface area contributed by atoms with Gasteiger partial charge < -0.3 is 15.6 Å². The number of aryl methyl sites for hydroxylation is 1. The van der Waals surface area contributed by atoms with Crippen LogP contribution in [-0.4, -0.2) is 23.6 Å². The number of aromatic nitrogens is 1. The van der Waals surface area contributed by atoms with Crippen molar-refractivity contribution >= 4 is 29.2 Å². The maximum Gasteiger partial charge on any atom is 0.251 e. The average Bonchev–Trinajstić information content (AvgIpc) is 2.60. The molecule has 0 aliphatic carbocycles. The van der Waals surface area contributed by atoms with Gasteiger partial charge in [0.1, 0.15) is 0 Å². The quantitative estimate of drug-likeness (QED) is 0.819. The van der Waals surface area contributed by atoms with Gasteiger partial charge >= 0.3 is 0 Å². The summed E-state index contributed by atoms with van der Waals surface area (Å²) in [6, 6.07) is 5.83. The number of carbonyl (C=O) groups is 1. The van der Waals surface area contributed by atoms with Crippen LogP contribution in [0.1, 0.15) is 21.8 Å². The Morgan fingerprint density at radius 2 is 2.28 bits per heavy atom. The van der Waals surface area contributed by atoms with Gasteiger partial charge in [0.05, 0.1) is 0 Å². The van der Waals surface area contributed by atoms with Gasteiger partial charge in [0.15, 0.2) is 0 Å². The molecule has 0 bridgehead atoms. The summed E-state index contributed by atoms with van der Waals surface area (Å²) in [5.74, 6) is 0.199. The fourth-order valence-corrected chi connectivity index (χ4v) is 2.61. The van der Waals surface area contributed by atoms with Crippen LogP contribution in [0.2, 0.25) is 0 Å². The van der Waals surface area contributed by atoms with Gasteiger partial charge in [-0.05, 0) is 17.7 Å². The molecule has 18 heavy (non-hydrogen) atoms. The Balaban J connectivity index is 0.00000120. The number of nitrogens with one attached hydrogen (secondary N) is 1. The monoisotopic (exact) mass is 265 g/mol. The average molecular weight is 266 g/mol. The third kappa shape index (κ3) is 1.69. The van der Waals surface area contributed by atoms with Crippen molar-refractivity contribution in [3.8, 4) is 0 Å². The van der Waals surface area contributed by atoms with Crippen molar-refractivity contribution in [2.24, 2.45) is 12.8 Å². The zero-order valence-corrected chi connectivity index (χ0v) is 11.0. The summed E-state index contributed by atoms with van der Waals surface area (Å²) in [6.07, 6.45) is 2.09. The molecule has 96 valence electrons. The first-order valence-electron chi connectivity index (χ1n) is 5.78. The normalized spacial score (nSPS) is 18.1. The molecular weight excluding hydrogens is 250 g/mol. The van der Waals surface area contributed by atoms with E-state index in [1.807, 2.05) is 25.2 Å². The minimum Gasteiger partial charge on any atom is -0.351 e. The Morgan fingerprint density at radius 3 is 3.00 bits per heavy atom. The minimum atomic E-state index is -0.000926. The zero-order valence-electron chi connectivity index (χ0n) is 10.1. The van der Waals surface area contributed by atoms with Crippen LogP contribution in [0, 0.1) is 0 Å². The van der Waals surface area contributed by atoms with E-state index < -0.39 is 0 Å². The van der Waals surface area contributed by atoms with Gasteiger partial charge in [0, 0.05) is 48.7 Å². The highest BCUT2D eigenvalue weighted by Gasteiger charge is 2.24. The maximum atomic E-state index is 12.0. The molecule has 2 heterocycles. The summed E-state index contributed by atoms with van der Waals surface area (Å²) >= 11 is 0. The molecule has 0 radical (unpaired) electrons. The SMILES string of the molecule is Cl.Cn1cc2c3c(cccc31)C(=O)NCC2CN. The summed E-state index contributed by atoms with van der Waals surface area (Å²) in [7, 11) is 2.00. The van der Waals surface area contributed by atoms with Gasteiger partial charge in [0.2, 0.25) is 0 Å². The molecule has 2 aromatic rings. The number of nitrogens with zero attached hydrogens (tertiary/aromatic N) is 1. The van der Waals surface area contributed by atoms with Crippen molar-refractivity contribution in [3.05, 3.63) is 35.5 Å². The highest BCUT2D eigenvalue weighted by molar-refractivity contribution is 6.08. The molecule has 1 aromatic carbocycles. The van der Waals surface area contributed by atoms with Crippen LogP contribution >= 0.6 is 12.4 Å². The Hall–Kier alpha value is -1.52. The van der Waals surface area contributed by atoms with Crippen LogP contribution in [-0.2, 0) is 7.05 Å². The first-order chi connectivity index (χ1) is 8.22. The fourth-order valence-electron chi connectivity index (χ4n) is 2.61. The predicted octanol–water partition coefficient (Wildman–Crippen LogP) is 1.39. The van der Waals surface area contributed by atoms with Gasteiger partial charge in [-0.2, -0.15) is 0 Å². The molecule has 1 aliphatic rings. The van der Waals surface area contributed by atoms with Crippen LogP contribution in [0.25, 0.3) is 10.9 Å². The molecule has 1 unspecified atom stereocenters.